The Labute approximate surface area is 97.5 Å². The van der Waals surface area contributed by atoms with Crippen LogP contribution in [0.4, 0.5) is 0 Å². The molecule has 1 aromatic carbocycles. The average Bonchev–Trinajstić information content (AvgIpc) is 2.38. The number of Topliss-reactive ketones (excluding diaryl/α,β-unsaturated/α-hetero) is 1. The Morgan fingerprint density at radius 2 is 1.94 bits per heavy atom. The Balaban J connectivity index is 0.00000106. The van der Waals surface area contributed by atoms with Crippen LogP contribution in [-0.2, 0) is 4.79 Å². The van der Waals surface area contributed by atoms with Crippen molar-refractivity contribution in [2.45, 2.75) is 26.2 Å². The van der Waals surface area contributed by atoms with Crippen LogP contribution in [0.15, 0.2) is 43.0 Å². The van der Waals surface area contributed by atoms with E-state index < -0.39 is 0 Å². The van der Waals surface area contributed by atoms with Gasteiger partial charge in [0.15, 0.2) is 5.78 Å². The summed E-state index contributed by atoms with van der Waals surface area (Å²) >= 11 is 0. The average molecular weight is 217 g/mol. The zero-order chi connectivity index (χ0) is 12.4. The molecule has 0 aliphatic rings. The quantitative estimate of drug-likeness (QED) is 0.594. The zero-order valence-corrected chi connectivity index (χ0v) is 9.94. The van der Waals surface area contributed by atoms with Gasteiger partial charge in [0.25, 0.3) is 0 Å². The molecule has 2 heteroatoms. The van der Waals surface area contributed by atoms with Gasteiger partial charge in [-0.1, -0.05) is 50.3 Å². The summed E-state index contributed by atoms with van der Waals surface area (Å²) in [4.78, 5) is 11.4. The molecule has 0 saturated carbocycles. The molecule has 0 unspecified atom stereocenters. The number of allylic oxidation sites excluding steroid dienone is 1. The second-order valence-electron chi connectivity index (χ2n) is 3.03. The van der Waals surface area contributed by atoms with E-state index in [2.05, 4.69) is 6.58 Å². The van der Waals surface area contributed by atoms with Crippen LogP contribution in [0.1, 0.15) is 31.7 Å². The first-order valence-electron chi connectivity index (χ1n) is 5.49. The van der Waals surface area contributed by atoms with Crippen LogP contribution >= 0.6 is 0 Å². The van der Waals surface area contributed by atoms with Gasteiger partial charge < -0.3 is 5.41 Å². The van der Waals surface area contributed by atoms with Crippen molar-refractivity contribution in [3.63, 3.8) is 0 Å². The fourth-order valence-corrected chi connectivity index (χ4v) is 1.37. The highest BCUT2D eigenvalue weighted by molar-refractivity contribution is 6.28. The Morgan fingerprint density at radius 1 is 1.38 bits per heavy atom. The molecule has 0 amide bonds. The molecule has 0 heterocycles. The predicted octanol–water partition coefficient (Wildman–Crippen LogP) is 3.59. The van der Waals surface area contributed by atoms with Crippen LogP contribution in [0.3, 0.4) is 0 Å². The monoisotopic (exact) mass is 217 g/mol. The first-order chi connectivity index (χ1) is 7.79. The third-order valence-electron chi connectivity index (χ3n) is 2.09. The van der Waals surface area contributed by atoms with Crippen LogP contribution in [0, 0.1) is 5.41 Å². The van der Waals surface area contributed by atoms with E-state index in [1.165, 1.54) is 0 Å². The minimum atomic E-state index is -0.244. The number of hydrogen-bond donors (Lipinski definition) is 1. The molecular formula is C14H19NO. The molecule has 0 fully saturated rings. The minimum Gasteiger partial charge on any atom is -0.305 e. The van der Waals surface area contributed by atoms with Crippen molar-refractivity contribution >= 4 is 12.0 Å². The SMILES string of the molecule is C=CC[C@H](C(=O)C=N)c1ccccc1.CC. The van der Waals surface area contributed by atoms with Gasteiger partial charge in [0.2, 0.25) is 0 Å². The highest BCUT2D eigenvalue weighted by Crippen LogP contribution is 2.19. The molecular weight excluding hydrogens is 198 g/mol. The lowest BCUT2D eigenvalue weighted by molar-refractivity contribution is -0.113. The summed E-state index contributed by atoms with van der Waals surface area (Å²) in [6.07, 6.45) is 3.17. The van der Waals surface area contributed by atoms with Gasteiger partial charge in [-0.2, -0.15) is 0 Å². The summed E-state index contributed by atoms with van der Waals surface area (Å²) < 4.78 is 0. The summed E-state index contributed by atoms with van der Waals surface area (Å²) in [5.41, 5.74) is 0.945. The summed E-state index contributed by atoms with van der Waals surface area (Å²) in [5, 5.41) is 6.96. The van der Waals surface area contributed by atoms with E-state index in [0.717, 1.165) is 11.8 Å². The van der Waals surface area contributed by atoms with Crippen molar-refractivity contribution in [2.75, 3.05) is 0 Å². The van der Waals surface area contributed by atoms with E-state index in [4.69, 9.17) is 5.41 Å². The van der Waals surface area contributed by atoms with Gasteiger partial charge in [0.1, 0.15) is 0 Å². The Morgan fingerprint density at radius 3 is 2.38 bits per heavy atom. The van der Waals surface area contributed by atoms with Crippen molar-refractivity contribution in [1.29, 1.82) is 5.41 Å². The van der Waals surface area contributed by atoms with Gasteiger partial charge in [-0.3, -0.25) is 4.79 Å². The Hall–Kier alpha value is -1.70. The van der Waals surface area contributed by atoms with Crippen molar-refractivity contribution in [2.24, 2.45) is 0 Å². The molecule has 1 rings (SSSR count). The fraction of sp³-hybridized carbons (Fsp3) is 0.286. The molecule has 1 atom stereocenters. The third-order valence-corrected chi connectivity index (χ3v) is 2.09. The lowest BCUT2D eigenvalue weighted by Gasteiger charge is -2.10. The standard InChI is InChI=1S/C12H13NO.C2H6/c1-2-6-11(12(14)9-13)10-7-4-3-5-8-10;1-2/h2-5,7-9,11,13H,1,6H2;1-2H3/t11-;/m0./s1. The molecule has 1 N–H and O–H groups in total. The predicted molar refractivity (Wildman–Crippen MR) is 69.1 cm³/mol. The topological polar surface area (TPSA) is 40.9 Å². The molecule has 0 radical (unpaired) electrons. The normalized spacial score (nSPS) is 10.6. The van der Waals surface area contributed by atoms with E-state index >= 15 is 0 Å². The van der Waals surface area contributed by atoms with E-state index in [1.807, 2.05) is 44.2 Å². The summed E-state index contributed by atoms with van der Waals surface area (Å²) in [5.74, 6) is -0.415. The van der Waals surface area contributed by atoms with Crippen molar-refractivity contribution in [3.8, 4) is 0 Å². The lowest BCUT2D eigenvalue weighted by atomic mass is 9.92. The van der Waals surface area contributed by atoms with E-state index in [1.54, 1.807) is 6.08 Å². The molecule has 2 nitrogen and oxygen atoms in total. The van der Waals surface area contributed by atoms with Crippen LogP contribution < -0.4 is 0 Å². The van der Waals surface area contributed by atoms with Gasteiger partial charge in [-0.15, -0.1) is 6.58 Å². The summed E-state index contributed by atoms with van der Waals surface area (Å²) in [6, 6.07) is 9.49. The van der Waals surface area contributed by atoms with Gasteiger partial charge >= 0.3 is 0 Å². The highest BCUT2D eigenvalue weighted by Gasteiger charge is 2.16. The molecule has 0 aromatic heterocycles. The first kappa shape index (κ1) is 14.3. The molecule has 0 aliphatic carbocycles. The first-order valence-corrected chi connectivity index (χ1v) is 5.49. The molecule has 16 heavy (non-hydrogen) atoms. The second kappa shape index (κ2) is 8.60. The maximum atomic E-state index is 11.4. The third kappa shape index (κ3) is 4.22. The van der Waals surface area contributed by atoms with Crippen LogP contribution in [-0.4, -0.2) is 12.0 Å². The van der Waals surface area contributed by atoms with E-state index in [0.29, 0.717) is 6.42 Å². The largest absolute Gasteiger partial charge is 0.305 e. The lowest BCUT2D eigenvalue weighted by Crippen LogP contribution is -2.12. The number of carbonyl (C=O) groups excluding carboxylic acids is 1. The number of ketones is 1. The van der Waals surface area contributed by atoms with E-state index in [9.17, 15) is 4.79 Å². The summed E-state index contributed by atoms with van der Waals surface area (Å²) in [6.45, 7) is 7.62. The number of hydrogen-bond acceptors (Lipinski definition) is 2. The smallest absolute Gasteiger partial charge is 0.180 e. The van der Waals surface area contributed by atoms with Crippen molar-refractivity contribution in [3.05, 3.63) is 48.6 Å². The molecule has 0 bridgehead atoms. The van der Waals surface area contributed by atoms with E-state index in [-0.39, 0.29) is 11.7 Å². The second-order valence-corrected chi connectivity index (χ2v) is 3.03. The molecule has 0 saturated heterocycles. The molecule has 0 spiro atoms. The van der Waals surface area contributed by atoms with Crippen LogP contribution in [0.25, 0.3) is 0 Å². The van der Waals surface area contributed by atoms with Crippen molar-refractivity contribution < 1.29 is 4.79 Å². The van der Waals surface area contributed by atoms with Crippen LogP contribution in [0.2, 0.25) is 0 Å². The van der Waals surface area contributed by atoms with Gasteiger partial charge in [0.05, 0.1) is 12.1 Å². The Bertz CT molecular complexity index is 330. The fourth-order valence-electron chi connectivity index (χ4n) is 1.37. The molecule has 0 aliphatic heterocycles. The summed E-state index contributed by atoms with van der Waals surface area (Å²) in [7, 11) is 0. The maximum absolute atomic E-state index is 11.4. The van der Waals surface area contributed by atoms with Gasteiger partial charge in [-0.25, -0.2) is 0 Å². The number of benzene rings is 1. The zero-order valence-electron chi connectivity index (χ0n) is 9.94. The minimum absolute atomic E-state index is 0.170. The number of nitrogens with one attached hydrogen (secondary N) is 1. The molecule has 1 aromatic rings. The highest BCUT2D eigenvalue weighted by atomic mass is 16.1. The van der Waals surface area contributed by atoms with Crippen molar-refractivity contribution in [1.82, 2.24) is 0 Å². The molecule has 86 valence electrons. The van der Waals surface area contributed by atoms with Crippen LogP contribution in [0.5, 0.6) is 0 Å². The number of carbonyl (C=O) groups is 1. The van der Waals surface area contributed by atoms with Gasteiger partial charge in [0, 0.05) is 0 Å². The Kier molecular flexibility index (Phi) is 7.68. The van der Waals surface area contributed by atoms with Gasteiger partial charge in [-0.05, 0) is 12.0 Å². The number of rotatable bonds is 5. The maximum Gasteiger partial charge on any atom is 0.180 e.